The van der Waals surface area contributed by atoms with Gasteiger partial charge >= 0.3 is 11.9 Å². The summed E-state index contributed by atoms with van der Waals surface area (Å²) in [7, 11) is 0. The highest BCUT2D eigenvalue weighted by Gasteiger charge is 2.07. The smallest absolute Gasteiger partial charge is 0.338 e. The minimum absolute atomic E-state index is 0.354. The molecule has 1 rings (SSSR count). The maximum Gasteiger partial charge on any atom is 0.338 e. The number of ether oxygens (including phenoxy) is 2. The highest BCUT2D eigenvalue weighted by atomic mass is 16.5. The second-order valence-corrected chi connectivity index (χ2v) is 3.61. The van der Waals surface area contributed by atoms with E-state index in [-0.39, 0.29) is 11.9 Å². The number of hydrogen-bond acceptors (Lipinski definition) is 4. The van der Waals surface area contributed by atoms with Crippen LogP contribution in [0.3, 0.4) is 0 Å². The number of esters is 2. The van der Waals surface area contributed by atoms with Crippen molar-refractivity contribution < 1.29 is 19.1 Å². The van der Waals surface area contributed by atoms with Gasteiger partial charge in [0.25, 0.3) is 0 Å². The Hall–Kier alpha value is -1.84. The van der Waals surface area contributed by atoms with Gasteiger partial charge in [0, 0.05) is 6.92 Å². The molecular formula is C13H16O4. The highest BCUT2D eigenvalue weighted by Crippen LogP contribution is 2.13. The van der Waals surface area contributed by atoms with Crippen LogP contribution in [-0.4, -0.2) is 18.5 Å². The summed E-state index contributed by atoms with van der Waals surface area (Å²) in [6.07, 6.45) is 1.84. The van der Waals surface area contributed by atoms with Crippen LogP contribution in [-0.2, 0) is 9.53 Å². The molecule has 0 aliphatic rings. The van der Waals surface area contributed by atoms with Gasteiger partial charge in [-0.05, 0) is 30.7 Å². The third-order valence-electron chi connectivity index (χ3n) is 2.08. The predicted molar refractivity (Wildman–Crippen MR) is 62.9 cm³/mol. The van der Waals surface area contributed by atoms with Gasteiger partial charge in [0.2, 0.25) is 0 Å². The number of benzene rings is 1. The molecule has 0 aliphatic carbocycles. The standard InChI is InChI=1S/C13H16O4/c1-3-4-9-16-13(15)11-5-7-12(8-6-11)17-10(2)14/h5-8H,3-4,9H2,1-2H3. The molecule has 0 aromatic heterocycles. The molecule has 92 valence electrons. The van der Waals surface area contributed by atoms with E-state index in [1.54, 1.807) is 24.3 Å². The van der Waals surface area contributed by atoms with Gasteiger partial charge in [-0.1, -0.05) is 13.3 Å². The number of carbonyl (C=O) groups is 2. The average Bonchev–Trinajstić information content (AvgIpc) is 2.29. The average molecular weight is 236 g/mol. The van der Waals surface area contributed by atoms with Crippen LogP contribution in [0, 0.1) is 0 Å². The molecule has 0 bridgehead atoms. The molecule has 0 heterocycles. The van der Waals surface area contributed by atoms with Crippen molar-refractivity contribution in [3.63, 3.8) is 0 Å². The lowest BCUT2D eigenvalue weighted by Crippen LogP contribution is -2.06. The van der Waals surface area contributed by atoms with Crippen LogP contribution < -0.4 is 4.74 Å². The van der Waals surface area contributed by atoms with E-state index >= 15 is 0 Å². The van der Waals surface area contributed by atoms with Crippen LogP contribution in [0.1, 0.15) is 37.0 Å². The van der Waals surface area contributed by atoms with Crippen LogP contribution in [0.25, 0.3) is 0 Å². The number of carbonyl (C=O) groups excluding carboxylic acids is 2. The van der Waals surface area contributed by atoms with Crippen LogP contribution >= 0.6 is 0 Å². The van der Waals surface area contributed by atoms with Gasteiger partial charge in [-0.3, -0.25) is 4.79 Å². The first-order valence-corrected chi connectivity index (χ1v) is 5.59. The molecule has 0 amide bonds. The van der Waals surface area contributed by atoms with Crippen molar-refractivity contribution in [2.24, 2.45) is 0 Å². The Labute approximate surface area is 101 Å². The first-order valence-electron chi connectivity index (χ1n) is 5.59. The second-order valence-electron chi connectivity index (χ2n) is 3.61. The third kappa shape index (κ3) is 4.68. The minimum Gasteiger partial charge on any atom is -0.462 e. The number of hydrogen-bond donors (Lipinski definition) is 0. The molecule has 4 heteroatoms. The van der Waals surface area contributed by atoms with Crippen LogP contribution in [0.15, 0.2) is 24.3 Å². The van der Waals surface area contributed by atoms with Gasteiger partial charge < -0.3 is 9.47 Å². The molecule has 0 N–H and O–H groups in total. The van der Waals surface area contributed by atoms with Gasteiger partial charge in [0.1, 0.15) is 5.75 Å². The molecule has 1 aromatic carbocycles. The number of unbranched alkanes of at least 4 members (excludes halogenated alkanes) is 1. The molecule has 0 saturated carbocycles. The molecule has 0 atom stereocenters. The molecular weight excluding hydrogens is 220 g/mol. The molecule has 0 fully saturated rings. The first-order chi connectivity index (χ1) is 8.13. The predicted octanol–water partition coefficient (Wildman–Crippen LogP) is 2.57. The van der Waals surface area contributed by atoms with Gasteiger partial charge in [-0.15, -0.1) is 0 Å². The zero-order chi connectivity index (χ0) is 12.7. The molecule has 0 radical (unpaired) electrons. The first kappa shape index (κ1) is 13.2. The Kier molecular flexibility index (Phi) is 5.20. The topological polar surface area (TPSA) is 52.6 Å². The van der Waals surface area contributed by atoms with Crippen LogP contribution in [0.4, 0.5) is 0 Å². The van der Waals surface area contributed by atoms with E-state index in [0.29, 0.717) is 17.9 Å². The Bertz CT molecular complexity index is 381. The van der Waals surface area contributed by atoms with Crippen molar-refractivity contribution in [1.29, 1.82) is 0 Å². The van der Waals surface area contributed by atoms with E-state index in [1.165, 1.54) is 6.92 Å². The Morgan fingerprint density at radius 1 is 1.18 bits per heavy atom. The van der Waals surface area contributed by atoms with Gasteiger partial charge in [-0.25, -0.2) is 4.79 Å². The van der Waals surface area contributed by atoms with E-state index in [0.717, 1.165) is 12.8 Å². The minimum atomic E-state index is -0.386. The second kappa shape index (κ2) is 6.68. The maximum absolute atomic E-state index is 11.5. The fraction of sp³-hybridized carbons (Fsp3) is 0.385. The summed E-state index contributed by atoms with van der Waals surface area (Å²) in [4.78, 5) is 22.2. The van der Waals surface area contributed by atoms with Crippen molar-refractivity contribution in [3.05, 3.63) is 29.8 Å². The third-order valence-corrected chi connectivity index (χ3v) is 2.08. The lowest BCUT2D eigenvalue weighted by molar-refractivity contribution is -0.131. The summed E-state index contributed by atoms with van der Waals surface area (Å²) in [6.45, 7) is 3.79. The van der Waals surface area contributed by atoms with Crippen molar-refractivity contribution in [1.82, 2.24) is 0 Å². The Morgan fingerprint density at radius 2 is 1.82 bits per heavy atom. The van der Waals surface area contributed by atoms with E-state index < -0.39 is 0 Å². The Balaban J connectivity index is 2.54. The van der Waals surface area contributed by atoms with Gasteiger partial charge in [-0.2, -0.15) is 0 Å². The molecule has 0 unspecified atom stereocenters. The van der Waals surface area contributed by atoms with Crippen LogP contribution in [0.5, 0.6) is 5.75 Å². The fourth-order valence-corrected chi connectivity index (χ4v) is 1.22. The molecule has 0 aliphatic heterocycles. The van der Waals surface area contributed by atoms with Gasteiger partial charge in [0.15, 0.2) is 0 Å². The van der Waals surface area contributed by atoms with Crippen molar-refractivity contribution in [2.45, 2.75) is 26.7 Å². The van der Waals surface area contributed by atoms with Crippen molar-refractivity contribution in [3.8, 4) is 5.75 Å². The van der Waals surface area contributed by atoms with E-state index in [9.17, 15) is 9.59 Å². The van der Waals surface area contributed by atoms with Crippen molar-refractivity contribution >= 4 is 11.9 Å². The molecule has 0 saturated heterocycles. The molecule has 1 aromatic rings. The summed E-state index contributed by atoms with van der Waals surface area (Å²) < 4.78 is 9.90. The zero-order valence-electron chi connectivity index (χ0n) is 10.1. The maximum atomic E-state index is 11.5. The highest BCUT2D eigenvalue weighted by molar-refractivity contribution is 5.89. The van der Waals surface area contributed by atoms with E-state index in [2.05, 4.69) is 0 Å². The quantitative estimate of drug-likeness (QED) is 0.448. The van der Waals surface area contributed by atoms with E-state index in [4.69, 9.17) is 9.47 Å². The zero-order valence-corrected chi connectivity index (χ0v) is 10.1. The van der Waals surface area contributed by atoms with Gasteiger partial charge in [0.05, 0.1) is 12.2 Å². The largest absolute Gasteiger partial charge is 0.462 e. The SMILES string of the molecule is CCCCOC(=O)c1ccc(OC(C)=O)cc1. The summed E-state index contributed by atoms with van der Waals surface area (Å²) in [5, 5.41) is 0. The monoisotopic (exact) mass is 236 g/mol. The normalized spacial score (nSPS) is 9.76. The lowest BCUT2D eigenvalue weighted by atomic mass is 10.2. The fourth-order valence-electron chi connectivity index (χ4n) is 1.22. The summed E-state index contributed by atoms with van der Waals surface area (Å²) in [5.41, 5.74) is 0.456. The molecule has 17 heavy (non-hydrogen) atoms. The summed E-state index contributed by atoms with van der Waals surface area (Å²) in [5.74, 6) is -0.321. The summed E-state index contributed by atoms with van der Waals surface area (Å²) >= 11 is 0. The summed E-state index contributed by atoms with van der Waals surface area (Å²) in [6, 6.07) is 6.29. The molecule has 0 spiro atoms. The molecule has 4 nitrogen and oxygen atoms in total. The number of rotatable bonds is 5. The van der Waals surface area contributed by atoms with E-state index in [1.807, 2.05) is 6.92 Å². The van der Waals surface area contributed by atoms with Crippen molar-refractivity contribution in [2.75, 3.05) is 6.61 Å². The Morgan fingerprint density at radius 3 is 2.35 bits per heavy atom. The lowest BCUT2D eigenvalue weighted by Gasteiger charge is -2.05. The van der Waals surface area contributed by atoms with Crippen LogP contribution in [0.2, 0.25) is 0 Å².